The summed E-state index contributed by atoms with van der Waals surface area (Å²) in [6, 6.07) is 0. The molecule has 0 aromatic carbocycles. The molecule has 126 valence electrons. The quantitative estimate of drug-likeness (QED) is 0.626. The van der Waals surface area contributed by atoms with Crippen LogP contribution in [0.2, 0.25) is 0 Å². The molecule has 0 aliphatic heterocycles. The first kappa shape index (κ1) is 24.9. The van der Waals surface area contributed by atoms with Crippen LogP contribution in [0.25, 0.3) is 0 Å². The monoisotopic (exact) mass is 290 g/mol. The van der Waals surface area contributed by atoms with E-state index in [0.29, 0.717) is 6.10 Å². The fraction of sp³-hybridized carbons (Fsp3) is 1.00. The van der Waals surface area contributed by atoms with Crippen LogP contribution in [0.5, 0.6) is 0 Å². The van der Waals surface area contributed by atoms with Crippen molar-refractivity contribution in [2.45, 2.75) is 107 Å². The molecule has 0 bridgehead atoms. The highest BCUT2D eigenvalue weighted by Crippen LogP contribution is 2.30. The lowest BCUT2D eigenvalue weighted by Crippen LogP contribution is -2.20. The second-order valence-electron chi connectivity index (χ2n) is 7.30. The van der Waals surface area contributed by atoms with Crippen LogP contribution in [-0.2, 0) is 9.47 Å². The van der Waals surface area contributed by atoms with E-state index < -0.39 is 0 Å². The van der Waals surface area contributed by atoms with E-state index in [1.165, 1.54) is 25.7 Å². The predicted molar refractivity (Wildman–Crippen MR) is 92.5 cm³/mol. The summed E-state index contributed by atoms with van der Waals surface area (Å²) < 4.78 is 11.1. The van der Waals surface area contributed by atoms with Gasteiger partial charge in [-0.2, -0.15) is 0 Å². The van der Waals surface area contributed by atoms with Crippen LogP contribution in [0.4, 0.5) is 0 Å². The van der Waals surface area contributed by atoms with Crippen molar-refractivity contribution in [3.63, 3.8) is 0 Å². The third-order valence-electron chi connectivity index (χ3n) is 2.49. The number of hydrogen-bond acceptors (Lipinski definition) is 2. The summed E-state index contributed by atoms with van der Waals surface area (Å²) in [4.78, 5) is 0. The van der Waals surface area contributed by atoms with Gasteiger partial charge in [-0.1, -0.05) is 22.3 Å². The minimum Gasteiger partial charge on any atom is -0.376 e. The van der Waals surface area contributed by atoms with E-state index in [0.717, 1.165) is 12.5 Å². The first-order valence-corrected chi connectivity index (χ1v) is 6.97. The van der Waals surface area contributed by atoms with E-state index in [1.54, 1.807) is 0 Å². The van der Waals surface area contributed by atoms with Crippen molar-refractivity contribution in [2.75, 3.05) is 6.61 Å². The average molecular weight is 291 g/mol. The molecule has 0 amide bonds. The van der Waals surface area contributed by atoms with Crippen LogP contribution < -0.4 is 0 Å². The Labute approximate surface area is 129 Å². The predicted octanol–water partition coefficient (Wildman–Crippen LogP) is 6.08. The fourth-order valence-electron chi connectivity index (χ4n) is 1.34. The van der Waals surface area contributed by atoms with Crippen LogP contribution >= 0.6 is 0 Å². The molecule has 0 aromatic heterocycles. The van der Waals surface area contributed by atoms with Gasteiger partial charge < -0.3 is 9.47 Å². The standard InChI is InChI=1S/C8H16O.C7H14O.3CH4/c1-8(2,3)9-6-7-4-5-7;1-7(2,3)8-6-4-5-6;;;/h7H,4-6H2,1-3H3;6H,4-5H2,1-3H3;3*1H4. The van der Waals surface area contributed by atoms with Crippen molar-refractivity contribution in [3.05, 3.63) is 0 Å². The van der Waals surface area contributed by atoms with Crippen molar-refractivity contribution in [1.29, 1.82) is 0 Å². The van der Waals surface area contributed by atoms with E-state index in [2.05, 4.69) is 41.5 Å². The summed E-state index contributed by atoms with van der Waals surface area (Å²) in [5.74, 6) is 0.893. The molecule has 0 aromatic rings. The minimum absolute atomic E-state index is 0. The summed E-state index contributed by atoms with van der Waals surface area (Å²) in [5, 5.41) is 0. The van der Waals surface area contributed by atoms with Gasteiger partial charge in [-0.05, 0) is 73.1 Å². The average Bonchev–Trinajstić information content (AvgIpc) is 2.92. The molecule has 0 saturated heterocycles. The molecular formula is C18H42O2. The van der Waals surface area contributed by atoms with Crippen molar-refractivity contribution in [3.8, 4) is 0 Å². The lowest BCUT2D eigenvalue weighted by atomic mass is 10.2. The van der Waals surface area contributed by atoms with E-state index in [-0.39, 0.29) is 33.5 Å². The SMILES string of the molecule is C.C.C.CC(C)(C)OC1CC1.CC(C)(C)OCC1CC1. The summed E-state index contributed by atoms with van der Waals surface area (Å²) in [5.41, 5.74) is 0.157. The maximum absolute atomic E-state index is 5.55. The highest BCUT2D eigenvalue weighted by molar-refractivity contribution is 4.77. The maximum Gasteiger partial charge on any atom is 0.0602 e. The molecule has 0 unspecified atom stereocenters. The smallest absolute Gasteiger partial charge is 0.0602 e. The molecule has 20 heavy (non-hydrogen) atoms. The summed E-state index contributed by atoms with van der Waals surface area (Å²) in [6.07, 6.45) is 5.91. The van der Waals surface area contributed by atoms with Crippen molar-refractivity contribution in [2.24, 2.45) is 5.92 Å². The van der Waals surface area contributed by atoms with Crippen LogP contribution in [0.3, 0.4) is 0 Å². The third-order valence-corrected chi connectivity index (χ3v) is 2.49. The molecule has 2 heteroatoms. The highest BCUT2D eigenvalue weighted by atomic mass is 16.5. The van der Waals surface area contributed by atoms with Gasteiger partial charge in [0.2, 0.25) is 0 Å². The van der Waals surface area contributed by atoms with E-state index in [4.69, 9.17) is 9.47 Å². The Morgan fingerprint density at radius 3 is 1.40 bits per heavy atom. The number of ether oxygens (including phenoxy) is 2. The molecule has 0 spiro atoms. The molecule has 2 rings (SSSR count). The van der Waals surface area contributed by atoms with Gasteiger partial charge in [-0.15, -0.1) is 0 Å². The molecule has 2 saturated carbocycles. The topological polar surface area (TPSA) is 18.5 Å². The van der Waals surface area contributed by atoms with Gasteiger partial charge in [0, 0.05) is 0 Å². The van der Waals surface area contributed by atoms with Crippen LogP contribution in [0.1, 0.15) is 89.5 Å². The zero-order valence-electron chi connectivity index (χ0n) is 12.5. The lowest BCUT2D eigenvalue weighted by molar-refractivity contribution is -0.0151. The molecule has 2 aliphatic rings. The van der Waals surface area contributed by atoms with Crippen molar-refractivity contribution >= 4 is 0 Å². The van der Waals surface area contributed by atoms with Gasteiger partial charge in [-0.3, -0.25) is 0 Å². The molecule has 2 nitrogen and oxygen atoms in total. The molecule has 0 heterocycles. The lowest BCUT2D eigenvalue weighted by Gasteiger charge is -2.18. The van der Waals surface area contributed by atoms with Gasteiger partial charge in [0.05, 0.1) is 23.9 Å². The Bertz CT molecular complexity index is 215. The Kier molecular flexibility index (Phi) is 12.2. The summed E-state index contributed by atoms with van der Waals surface area (Å²) >= 11 is 0. The fourth-order valence-corrected chi connectivity index (χ4v) is 1.34. The molecular weight excluding hydrogens is 248 g/mol. The van der Waals surface area contributed by atoms with Crippen molar-refractivity contribution in [1.82, 2.24) is 0 Å². The van der Waals surface area contributed by atoms with Gasteiger partial charge in [0.25, 0.3) is 0 Å². The Morgan fingerprint density at radius 2 is 1.20 bits per heavy atom. The normalized spacial score (nSPS) is 17.7. The van der Waals surface area contributed by atoms with Crippen LogP contribution in [-0.4, -0.2) is 23.9 Å². The minimum atomic E-state index is 0. The van der Waals surface area contributed by atoms with Gasteiger partial charge in [-0.25, -0.2) is 0 Å². The molecule has 2 fully saturated rings. The van der Waals surface area contributed by atoms with E-state index >= 15 is 0 Å². The van der Waals surface area contributed by atoms with Crippen molar-refractivity contribution < 1.29 is 9.47 Å². The zero-order valence-corrected chi connectivity index (χ0v) is 12.5. The summed E-state index contributed by atoms with van der Waals surface area (Å²) in [6.45, 7) is 13.6. The zero-order chi connectivity index (χ0) is 13.1. The second-order valence-corrected chi connectivity index (χ2v) is 7.30. The number of hydrogen-bond donors (Lipinski definition) is 0. The third kappa shape index (κ3) is 17.9. The van der Waals surface area contributed by atoms with E-state index in [9.17, 15) is 0 Å². The Balaban J connectivity index is -0.000000252. The van der Waals surface area contributed by atoms with Gasteiger partial charge >= 0.3 is 0 Å². The summed E-state index contributed by atoms with van der Waals surface area (Å²) in [7, 11) is 0. The van der Waals surface area contributed by atoms with E-state index in [1.807, 2.05) is 0 Å². The molecule has 0 N–H and O–H groups in total. The van der Waals surface area contributed by atoms with Gasteiger partial charge in [0.15, 0.2) is 0 Å². The Hall–Kier alpha value is -0.0800. The second kappa shape index (κ2) is 9.78. The molecule has 0 atom stereocenters. The first-order valence-electron chi connectivity index (χ1n) is 6.97. The van der Waals surface area contributed by atoms with Gasteiger partial charge in [0.1, 0.15) is 0 Å². The first-order chi connectivity index (χ1) is 7.66. The van der Waals surface area contributed by atoms with Crippen LogP contribution in [0.15, 0.2) is 0 Å². The number of rotatable bonds is 3. The largest absolute Gasteiger partial charge is 0.376 e. The Morgan fingerprint density at radius 1 is 0.750 bits per heavy atom. The maximum atomic E-state index is 5.55. The molecule has 0 radical (unpaired) electrons. The highest BCUT2D eigenvalue weighted by Gasteiger charge is 2.27. The molecule has 2 aliphatic carbocycles. The van der Waals surface area contributed by atoms with Crippen LogP contribution in [0, 0.1) is 5.92 Å².